The van der Waals surface area contributed by atoms with Gasteiger partial charge in [0.2, 0.25) is 5.91 Å². The Kier molecular flexibility index (Phi) is 4.43. The Morgan fingerprint density at radius 3 is 2.73 bits per heavy atom. The molecule has 0 saturated carbocycles. The summed E-state index contributed by atoms with van der Waals surface area (Å²) in [5, 5.41) is 2.96. The number of rotatable bonds is 5. The first-order valence-electron chi connectivity index (χ1n) is 8.06. The van der Waals surface area contributed by atoms with Crippen LogP contribution in [-0.4, -0.2) is 53.8 Å². The first kappa shape index (κ1) is 15.0. The molecular formula is C17H23N3O2. The molecule has 1 unspecified atom stereocenters. The average molecular weight is 301 g/mol. The van der Waals surface area contributed by atoms with E-state index in [1.54, 1.807) is 11.8 Å². The Labute approximate surface area is 131 Å². The van der Waals surface area contributed by atoms with Gasteiger partial charge in [-0.15, -0.1) is 0 Å². The molecule has 2 aliphatic heterocycles. The average Bonchev–Trinajstić information content (AvgIpc) is 3.15. The Balaban J connectivity index is 1.52. The van der Waals surface area contributed by atoms with Gasteiger partial charge in [-0.3, -0.25) is 9.59 Å². The summed E-state index contributed by atoms with van der Waals surface area (Å²) in [4.78, 5) is 28.7. The summed E-state index contributed by atoms with van der Waals surface area (Å²) in [6, 6.07) is 7.14. The second-order valence-corrected chi connectivity index (χ2v) is 6.11. The number of benzene rings is 1. The van der Waals surface area contributed by atoms with E-state index in [-0.39, 0.29) is 11.8 Å². The molecular weight excluding hydrogens is 278 g/mol. The molecule has 5 nitrogen and oxygen atoms in total. The van der Waals surface area contributed by atoms with Gasteiger partial charge in [0.25, 0.3) is 5.91 Å². The number of hydrogen-bond donors (Lipinski definition) is 1. The van der Waals surface area contributed by atoms with Gasteiger partial charge in [-0.1, -0.05) is 18.2 Å². The topological polar surface area (TPSA) is 52.7 Å². The molecule has 1 aromatic rings. The predicted molar refractivity (Wildman–Crippen MR) is 84.5 cm³/mol. The van der Waals surface area contributed by atoms with Gasteiger partial charge in [-0.25, -0.2) is 0 Å². The Morgan fingerprint density at radius 1 is 1.27 bits per heavy atom. The third kappa shape index (κ3) is 2.99. The molecule has 1 N–H and O–H groups in total. The number of nitrogens with zero attached hydrogens (tertiary/aromatic N) is 2. The molecule has 0 spiro atoms. The molecule has 0 radical (unpaired) electrons. The summed E-state index contributed by atoms with van der Waals surface area (Å²) >= 11 is 0. The zero-order valence-corrected chi connectivity index (χ0v) is 13.0. The molecule has 1 saturated heterocycles. The molecule has 2 aliphatic rings. The van der Waals surface area contributed by atoms with Crippen LogP contribution >= 0.6 is 0 Å². The lowest BCUT2D eigenvalue weighted by Gasteiger charge is -2.24. The van der Waals surface area contributed by atoms with E-state index < -0.39 is 6.04 Å². The van der Waals surface area contributed by atoms with Gasteiger partial charge >= 0.3 is 0 Å². The van der Waals surface area contributed by atoms with Crippen molar-refractivity contribution in [3.05, 3.63) is 35.4 Å². The normalized spacial score (nSPS) is 19.3. The van der Waals surface area contributed by atoms with Crippen molar-refractivity contribution >= 4 is 11.8 Å². The van der Waals surface area contributed by atoms with Crippen LogP contribution in [0.5, 0.6) is 0 Å². The van der Waals surface area contributed by atoms with Crippen LogP contribution < -0.4 is 5.32 Å². The number of hydrogen-bond acceptors (Lipinski definition) is 3. The van der Waals surface area contributed by atoms with Gasteiger partial charge in [0, 0.05) is 25.2 Å². The highest BCUT2D eigenvalue weighted by Crippen LogP contribution is 2.24. The van der Waals surface area contributed by atoms with E-state index in [0.717, 1.165) is 30.8 Å². The Morgan fingerprint density at radius 2 is 2.00 bits per heavy atom. The maximum Gasteiger partial charge on any atom is 0.255 e. The zero-order valence-electron chi connectivity index (χ0n) is 13.0. The molecule has 1 aromatic carbocycles. The number of likely N-dealkylation sites (tertiary alicyclic amines) is 1. The third-order valence-corrected chi connectivity index (χ3v) is 4.62. The fourth-order valence-electron chi connectivity index (χ4n) is 3.22. The van der Waals surface area contributed by atoms with E-state index in [2.05, 4.69) is 10.2 Å². The number of carbonyl (C=O) groups excluding carboxylic acids is 2. The summed E-state index contributed by atoms with van der Waals surface area (Å²) in [5.41, 5.74) is 1.73. The van der Waals surface area contributed by atoms with Crippen molar-refractivity contribution in [1.29, 1.82) is 0 Å². The van der Waals surface area contributed by atoms with Crippen LogP contribution in [0.1, 0.15) is 35.7 Å². The fourth-order valence-corrected chi connectivity index (χ4v) is 3.22. The summed E-state index contributed by atoms with van der Waals surface area (Å²) in [7, 11) is 0. The van der Waals surface area contributed by atoms with E-state index in [1.165, 1.54) is 12.8 Å². The quantitative estimate of drug-likeness (QED) is 0.890. The van der Waals surface area contributed by atoms with E-state index in [4.69, 9.17) is 0 Å². The van der Waals surface area contributed by atoms with Crippen molar-refractivity contribution in [2.45, 2.75) is 32.4 Å². The van der Waals surface area contributed by atoms with Crippen LogP contribution in [0.25, 0.3) is 0 Å². The minimum absolute atomic E-state index is 0.0437. The van der Waals surface area contributed by atoms with Crippen molar-refractivity contribution in [3.63, 3.8) is 0 Å². The molecule has 0 aromatic heterocycles. The van der Waals surface area contributed by atoms with E-state index in [0.29, 0.717) is 13.1 Å². The predicted octanol–water partition coefficient (Wildman–Crippen LogP) is 1.24. The summed E-state index contributed by atoms with van der Waals surface area (Å²) in [5.74, 6) is -0.113. The second-order valence-electron chi connectivity index (χ2n) is 6.11. The van der Waals surface area contributed by atoms with Crippen molar-refractivity contribution in [2.24, 2.45) is 0 Å². The standard InChI is InChI=1S/C17H23N3O2/c1-13(16(21)18-8-11-19-9-4-5-10-19)20-12-14-6-2-3-7-15(14)17(20)22/h2-3,6-7,13H,4-5,8-12H2,1H3,(H,18,21). The van der Waals surface area contributed by atoms with Gasteiger partial charge < -0.3 is 15.1 Å². The van der Waals surface area contributed by atoms with Crippen molar-refractivity contribution in [3.8, 4) is 0 Å². The number of amides is 2. The highest BCUT2D eigenvalue weighted by Gasteiger charge is 2.33. The van der Waals surface area contributed by atoms with Crippen molar-refractivity contribution < 1.29 is 9.59 Å². The summed E-state index contributed by atoms with van der Waals surface area (Å²) in [6.07, 6.45) is 2.51. The molecule has 3 rings (SSSR count). The first-order valence-corrected chi connectivity index (χ1v) is 8.06. The van der Waals surface area contributed by atoms with Gasteiger partial charge in [-0.05, 0) is 44.5 Å². The monoisotopic (exact) mass is 301 g/mol. The maximum absolute atomic E-state index is 12.4. The molecule has 1 fully saturated rings. The van der Waals surface area contributed by atoms with Crippen LogP contribution in [0.2, 0.25) is 0 Å². The van der Waals surface area contributed by atoms with Gasteiger partial charge in [-0.2, -0.15) is 0 Å². The van der Waals surface area contributed by atoms with E-state index in [9.17, 15) is 9.59 Å². The summed E-state index contributed by atoms with van der Waals surface area (Å²) < 4.78 is 0. The molecule has 2 amide bonds. The molecule has 22 heavy (non-hydrogen) atoms. The highest BCUT2D eigenvalue weighted by molar-refractivity contribution is 6.00. The first-order chi connectivity index (χ1) is 10.7. The second kappa shape index (κ2) is 6.48. The number of fused-ring (bicyclic) bond motifs is 1. The van der Waals surface area contributed by atoms with Crippen LogP contribution in [-0.2, 0) is 11.3 Å². The van der Waals surface area contributed by atoms with Crippen LogP contribution in [0.4, 0.5) is 0 Å². The molecule has 5 heteroatoms. The largest absolute Gasteiger partial charge is 0.353 e. The van der Waals surface area contributed by atoms with Gasteiger partial charge in [0.05, 0.1) is 0 Å². The molecule has 2 heterocycles. The van der Waals surface area contributed by atoms with Crippen LogP contribution in [0, 0.1) is 0 Å². The highest BCUT2D eigenvalue weighted by atomic mass is 16.2. The smallest absolute Gasteiger partial charge is 0.255 e. The minimum atomic E-state index is -0.432. The van der Waals surface area contributed by atoms with Crippen molar-refractivity contribution in [1.82, 2.24) is 15.1 Å². The lowest BCUT2D eigenvalue weighted by molar-refractivity contribution is -0.125. The van der Waals surface area contributed by atoms with E-state index in [1.807, 2.05) is 24.3 Å². The summed E-state index contributed by atoms with van der Waals surface area (Å²) in [6.45, 7) is 6.13. The fraction of sp³-hybridized carbons (Fsp3) is 0.529. The van der Waals surface area contributed by atoms with Crippen LogP contribution in [0.3, 0.4) is 0 Å². The molecule has 0 bridgehead atoms. The number of nitrogens with one attached hydrogen (secondary N) is 1. The Bertz CT molecular complexity index is 567. The molecule has 1 atom stereocenters. The lowest BCUT2D eigenvalue weighted by Crippen LogP contribution is -2.46. The molecule has 0 aliphatic carbocycles. The van der Waals surface area contributed by atoms with E-state index >= 15 is 0 Å². The number of carbonyl (C=O) groups is 2. The van der Waals surface area contributed by atoms with Crippen molar-refractivity contribution in [2.75, 3.05) is 26.2 Å². The van der Waals surface area contributed by atoms with Gasteiger partial charge in [0.1, 0.15) is 6.04 Å². The Hall–Kier alpha value is -1.88. The van der Waals surface area contributed by atoms with Gasteiger partial charge in [0.15, 0.2) is 0 Å². The molecule has 118 valence electrons. The zero-order chi connectivity index (χ0) is 15.5. The SMILES string of the molecule is CC(C(=O)NCCN1CCCC1)N1Cc2ccccc2C1=O. The minimum Gasteiger partial charge on any atom is -0.353 e. The van der Waals surface area contributed by atoms with Crippen LogP contribution in [0.15, 0.2) is 24.3 Å². The third-order valence-electron chi connectivity index (χ3n) is 4.62. The lowest BCUT2D eigenvalue weighted by atomic mass is 10.1. The maximum atomic E-state index is 12.4.